The van der Waals surface area contributed by atoms with Gasteiger partial charge in [0.1, 0.15) is 0 Å². The highest BCUT2D eigenvalue weighted by Gasteiger charge is 2.19. The molecule has 1 aliphatic heterocycles. The van der Waals surface area contributed by atoms with Crippen LogP contribution in [0, 0.1) is 5.92 Å². The molecule has 0 aromatic heterocycles. The summed E-state index contributed by atoms with van der Waals surface area (Å²) < 4.78 is 4.65. The van der Waals surface area contributed by atoms with Crippen LogP contribution in [0.5, 0.6) is 0 Å². The Bertz CT molecular complexity index is 236. The third-order valence-corrected chi connectivity index (χ3v) is 1.63. The van der Waals surface area contributed by atoms with E-state index in [1.807, 2.05) is 31.2 Å². The fraction of sp³-hybridized carbons (Fsp3) is 0.300. The molecule has 1 unspecified atom stereocenters. The Morgan fingerprint density at radius 2 is 2.42 bits per heavy atom. The highest BCUT2D eigenvalue weighted by molar-refractivity contribution is 5.77. The molecule has 0 fully saturated rings. The van der Waals surface area contributed by atoms with Gasteiger partial charge in [-0.15, -0.1) is 0 Å². The minimum absolute atomic E-state index is 0.0773. The van der Waals surface area contributed by atoms with Gasteiger partial charge in [-0.3, -0.25) is 4.79 Å². The van der Waals surface area contributed by atoms with Gasteiger partial charge >= 0.3 is 5.97 Å². The molecule has 1 aliphatic rings. The van der Waals surface area contributed by atoms with Gasteiger partial charge in [-0.1, -0.05) is 24.3 Å². The van der Waals surface area contributed by atoms with Crippen molar-refractivity contribution in [3.63, 3.8) is 0 Å². The van der Waals surface area contributed by atoms with E-state index in [-0.39, 0.29) is 11.9 Å². The van der Waals surface area contributed by atoms with Crippen molar-refractivity contribution in [3.05, 3.63) is 36.6 Å². The molecule has 1 heterocycles. The molecule has 2 heteroatoms. The van der Waals surface area contributed by atoms with Crippen LogP contribution in [0.4, 0.5) is 0 Å². The standard InChI is InChI=1S/C10H12O2/c1-2-3-4-5-6-9-7-8-12-10(9)11/h2-5,7-9H,6H2,1H3/b3-2+,5-4+. The van der Waals surface area contributed by atoms with Crippen LogP contribution in [0.1, 0.15) is 13.3 Å². The van der Waals surface area contributed by atoms with Crippen molar-refractivity contribution in [2.24, 2.45) is 5.92 Å². The van der Waals surface area contributed by atoms with Crippen LogP contribution in [0.2, 0.25) is 0 Å². The summed E-state index contributed by atoms with van der Waals surface area (Å²) in [4.78, 5) is 10.9. The summed E-state index contributed by atoms with van der Waals surface area (Å²) in [5, 5.41) is 0. The number of rotatable bonds is 3. The lowest BCUT2D eigenvalue weighted by Crippen LogP contribution is -2.06. The van der Waals surface area contributed by atoms with E-state index < -0.39 is 0 Å². The van der Waals surface area contributed by atoms with Crippen molar-refractivity contribution in [2.45, 2.75) is 13.3 Å². The zero-order valence-electron chi connectivity index (χ0n) is 7.07. The Morgan fingerprint density at radius 3 is 3.00 bits per heavy atom. The van der Waals surface area contributed by atoms with Crippen LogP contribution >= 0.6 is 0 Å². The summed E-state index contributed by atoms with van der Waals surface area (Å²) >= 11 is 0. The predicted molar refractivity (Wildman–Crippen MR) is 47.3 cm³/mol. The average molecular weight is 164 g/mol. The third-order valence-electron chi connectivity index (χ3n) is 1.63. The summed E-state index contributed by atoms with van der Waals surface area (Å²) in [7, 11) is 0. The first-order chi connectivity index (χ1) is 5.84. The summed E-state index contributed by atoms with van der Waals surface area (Å²) in [5.74, 6) is -0.230. The molecule has 0 aromatic carbocycles. The first kappa shape index (κ1) is 8.78. The zero-order valence-corrected chi connectivity index (χ0v) is 7.07. The maximum atomic E-state index is 10.9. The van der Waals surface area contributed by atoms with Gasteiger partial charge < -0.3 is 4.74 Å². The Labute approximate surface area is 72.2 Å². The summed E-state index contributed by atoms with van der Waals surface area (Å²) in [6.45, 7) is 1.95. The Kier molecular flexibility index (Phi) is 3.33. The fourth-order valence-electron chi connectivity index (χ4n) is 0.957. The van der Waals surface area contributed by atoms with Crippen molar-refractivity contribution in [3.8, 4) is 0 Å². The number of ether oxygens (including phenoxy) is 1. The van der Waals surface area contributed by atoms with E-state index in [1.54, 1.807) is 6.08 Å². The second-order valence-corrected chi connectivity index (χ2v) is 2.56. The molecular formula is C10H12O2. The number of hydrogen-bond acceptors (Lipinski definition) is 2. The van der Waals surface area contributed by atoms with Gasteiger partial charge in [-0.05, 0) is 19.4 Å². The maximum absolute atomic E-state index is 10.9. The topological polar surface area (TPSA) is 26.3 Å². The van der Waals surface area contributed by atoms with E-state index in [9.17, 15) is 4.79 Å². The molecule has 1 atom stereocenters. The van der Waals surface area contributed by atoms with E-state index in [1.165, 1.54) is 6.26 Å². The Hall–Kier alpha value is -1.31. The number of esters is 1. The molecule has 0 aromatic rings. The van der Waals surface area contributed by atoms with E-state index in [4.69, 9.17) is 0 Å². The van der Waals surface area contributed by atoms with Crippen molar-refractivity contribution in [1.82, 2.24) is 0 Å². The highest BCUT2D eigenvalue weighted by atomic mass is 16.5. The minimum Gasteiger partial charge on any atom is -0.434 e. The molecule has 64 valence electrons. The van der Waals surface area contributed by atoms with Gasteiger partial charge in [0.2, 0.25) is 0 Å². The van der Waals surface area contributed by atoms with Crippen molar-refractivity contribution >= 4 is 5.97 Å². The molecule has 0 radical (unpaired) electrons. The van der Waals surface area contributed by atoms with Gasteiger partial charge in [0.05, 0.1) is 12.2 Å². The third kappa shape index (κ3) is 2.38. The van der Waals surface area contributed by atoms with Gasteiger partial charge in [-0.2, -0.15) is 0 Å². The number of cyclic esters (lactones) is 1. The van der Waals surface area contributed by atoms with Gasteiger partial charge in [0, 0.05) is 0 Å². The van der Waals surface area contributed by atoms with E-state index >= 15 is 0 Å². The van der Waals surface area contributed by atoms with Gasteiger partial charge in [0.15, 0.2) is 0 Å². The smallest absolute Gasteiger partial charge is 0.318 e. The van der Waals surface area contributed by atoms with Gasteiger partial charge in [0.25, 0.3) is 0 Å². The normalized spacial score (nSPS) is 22.8. The van der Waals surface area contributed by atoms with Crippen LogP contribution in [0.25, 0.3) is 0 Å². The van der Waals surface area contributed by atoms with Crippen LogP contribution in [-0.2, 0) is 9.53 Å². The molecule has 0 spiro atoms. The van der Waals surface area contributed by atoms with E-state index in [0.29, 0.717) is 0 Å². The van der Waals surface area contributed by atoms with Crippen molar-refractivity contribution in [1.29, 1.82) is 0 Å². The molecule has 1 rings (SSSR count). The lowest BCUT2D eigenvalue weighted by Gasteiger charge is -1.97. The zero-order chi connectivity index (χ0) is 8.81. The Balaban J connectivity index is 2.32. The molecule has 0 saturated carbocycles. The Morgan fingerprint density at radius 1 is 1.58 bits per heavy atom. The molecule has 0 N–H and O–H groups in total. The number of hydrogen-bond donors (Lipinski definition) is 0. The molecule has 0 bridgehead atoms. The molecule has 0 saturated heterocycles. The largest absolute Gasteiger partial charge is 0.434 e. The molecule has 0 aliphatic carbocycles. The number of carbonyl (C=O) groups excluding carboxylic acids is 1. The monoisotopic (exact) mass is 164 g/mol. The molecule has 0 amide bonds. The fourth-order valence-corrected chi connectivity index (χ4v) is 0.957. The highest BCUT2D eigenvalue weighted by Crippen LogP contribution is 2.14. The maximum Gasteiger partial charge on any atom is 0.318 e. The van der Waals surface area contributed by atoms with Crippen LogP contribution in [-0.4, -0.2) is 5.97 Å². The quantitative estimate of drug-likeness (QED) is 0.472. The van der Waals surface area contributed by atoms with Crippen LogP contribution in [0.15, 0.2) is 36.6 Å². The van der Waals surface area contributed by atoms with E-state index in [0.717, 1.165) is 6.42 Å². The summed E-state index contributed by atoms with van der Waals surface area (Å²) in [5.41, 5.74) is 0. The second-order valence-electron chi connectivity index (χ2n) is 2.56. The van der Waals surface area contributed by atoms with Crippen molar-refractivity contribution < 1.29 is 9.53 Å². The molecule has 2 nitrogen and oxygen atoms in total. The molecular weight excluding hydrogens is 152 g/mol. The molecule has 12 heavy (non-hydrogen) atoms. The lowest BCUT2D eigenvalue weighted by molar-refractivity contribution is -0.138. The SMILES string of the molecule is C/C=C/C=C/CC1C=COC1=O. The number of carbonyl (C=O) groups is 1. The first-order valence-corrected chi connectivity index (χ1v) is 3.99. The van der Waals surface area contributed by atoms with Gasteiger partial charge in [-0.25, -0.2) is 0 Å². The average Bonchev–Trinajstić information content (AvgIpc) is 2.46. The van der Waals surface area contributed by atoms with Crippen LogP contribution < -0.4 is 0 Å². The van der Waals surface area contributed by atoms with Crippen molar-refractivity contribution in [2.75, 3.05) is 0 Å². The van der Waals surface area contributed by atoms with E-state index in [2.05, 4.69) is 4.74 Å². The number of allylic oxidation sites excluding steroid dienone is 4. The van der Waals surface area contributed by atoms with Crippen LogP contribution in [0.3, 0.4) is 0 Å². The summed E-state index contributed by atoms with van der Waals surface area (Å²) in [6, 6.07) is 0. The predicted octanol–water partition coefficient (Wildman–Crippen LogP) is 2.20. The minimum atomic E-state index is -0.153. The second kappa shape index (κ2) is 4.54. The lowest BCUT2D eigenvalue weighted by atomic mass is 10.1. The first-order valence-electron chi connectivity index (χ1n) is 3.99. The summed E-state index contributed by atoms with van der Waals surface area (Å²) in [6.07, 6.45) is 11.7.